The third-order valence-corrected chi connectivity index (χ3v) is 7.68. The van der Waals surface area contributed by atoms with Gasteiger partial charge in [-0.3, -0.25) is 0 Å². The fourth-order valence-corrected chi connectivity index (χ4v) is 5.85. The molecule has 4 nitrogen and oxygen atoms in total. The maximum atomic E-state index is 11.2. The van der Waals surface area contributed by atoms with Crippen LogP contribution in [0.25, 0.3) is 10.8 Å². The van der Waals surface area contributed by atoms with E-state index in [0.717, 1.165) is 47.6 Å². The zero-order valence-electron chi connectivity index (χ0n) is 18.0. The smallest absolute Gasteiger partial charge is 0.128 e. The third-order valence-electron chi connectivity index (χ3n) is 7.68. The van der Waals surface area contributed by atoms with E-state index in [4.69, 9.17) is 11.5 Å². The van der Waals surface area contributed by atoms with Gasteiger partial charge >= 0.3 is 0 Å². The van der Waals surface area contributed by atoms with Crippen LogP contribution in [0.3, 0.4) is 0 Å². The summed E-state index contributed by atoms with van der Waals surface area (Å²) in [6, 6.07) is 7.41. The molecule has 6 heteroatoms. The molecular formula is C24H36Cl2N2O2. The molecule has 0 radical (unpaired) electrons. The highest BCUT2D eigenvalue weighted by Gasteiger charge is 2.39. The van der Waals surface area contributed by atoms with Crippen molar-refractivity contribution in [2.75, 3.05) is 0 Å². The predicted molar refractivity (Wildman–Crippen MR) is 129 cm³/mol. The lowest BCUT2D eigenvalue weighted by atomic mass is 9.75. The van der Waals surface area contributed by atoms with Gasteiger partial charge in [-0.05, 0) is 68.9 Å². The highest BCUT2D eigenvalue weighted by molar-refractivity contribution is 5.94. The first kappa shape index (κ1) is 25.1. The molecule has 0 spiro atoms. The molecule has 2 unspecified atom stereocenters. The zero-order valence-corrected chi connectivity index (χ0v) is 19.6. The number of fused-ring (bicyclic) bond motifs is 1. The van der Waals surface area contributed by atoms with Crippen LogP contribution in [0.1, 0.15) is 76.3 Å². The van der Waals surface area contributed by atoms with Crippen molar-refractivity contribution in [2.45, 2.75) is 76.3 Å². The highest BCUT2D eigenvalue weighted by Crippen LogP contribution is 2.48. The van der Waals surface area contributed by atoms with Crippen LogP contribution < -0.4 is 11.5 Å². The molecule has 2 aliphatic rings. The van der Waals surface area contributed by atoms with Gasteiger partial charge in [0, 0.05) is 27.6 Å². The summed E-state index contributed by atoms with van der Waals surface area (Å²) < 4.78 is 0. The second-order valence-electron chi connectivity index (χ2n) is 9.54. The van der Waals surface area contributed by atoms with Crippen molar-refractivity contribution in [3.05, 3.63) is 35.4 Å². The predicted octanol–water partition coefficient (Wildman–Crippen LogP) is 5.82. The summed E-state index contributed by atoms with van der Waals surface area (Å²) in [5.74, 6) is 1.16. The number of phenolic OH excluding ortho intramolecular Hbond substituents is 2. The molecule has 0 amide bonds. The van der Waals surface area contributed by atoms with Gasteiger partial charge in [-0.1, -0.05) is 37.8 Å². The van der Waals surface area contributed by atoms with Crippen LogP contribution in [0, 0.1) is 11.8 Å². The second-order valence-corrected chi connectivity index (χ2v) is 9.54. The molecule has 0 saturated heterocycles. The SMILES string of the molecule is CC(N)(c1ccc2c(C(C)(N)C3CCCC3)c(O)ccc2c1O)C1CCCC1.Cl.Cl. The van der Waals surface area contributed by atoms with Gasteiger partial charge in [-0.15, -0.1) is 24.8 Å². The summed E-state index contributed by atoms with van der Waals surface area (Å²) >= 11 is 0. The van der Waals surface area contributed by atoms with Gasteiger partial charge in [0.05, 0.1) is 0 Å². The number of hydrogen-bond donors (Lipinski definition) is 4. The van der Waals surface area contributed by atoms with Crippen LogP contribution >= 0.6 is 24.8 Å². The Morgan fingerprint density at radius 3 is 1.73 bits per heavy atom. The third kappa shape index (κ3) is 4.00. The summed E-state index contributed by atoms with van der Waals surface area (Å²) in [5.41, 5.74) is 13.9. The summed E-state index contributed by atoms with van der Waals surface area (Å²) in [6.45, 7) is 4.06. The van der Waals surface area contributed by atoms with Crippen LogP contribution in [-0.2, 0) is 11.1 Å². The Hall–Kier alpha value is -1.20. The molecule has 2 aliphatic carbocycles. The molecule has 30 heavy (non-hydrogen) atoms. The minimum atomic E-state index is -0.633. The van der Waals surface area contributed by atoms with Crippen LogP contribution in [0.5, 0.6) is 11.5 Å². The summed E-state index contributed by atoms with van der Waals surface area (Å²) in [4.78, 5) is 0. The van der Waals surface area contributed by atoms with E-state index >= 15 is 0 Å². The topological polar surface area (TPSA) is 92.5 Å². The minimum Gasteiger partial charge on any atom is -0.508 e. The summed E-state index contributed by atoms with van der Waals surface area (Å²) in [6.07, 6.45) is 9.15. The van der Waals surface area contributed by atoms with E-state index in [9.17, 15) is 10.2 Å². The lowest BCUT2D eigenvalue weighted by Crippen LogP contribution is -2.41. The van der Waals surface area contributed by atoms with Crippen molar-refractivity contribution in [2.24, 2.45) is 23.3 Å². The molecule has 2 atom stereocenters. The maximum Gasteiger partial charge on any atom is 0.128 e. The van der Waals surface area contributed by atoms with Gasteiger partial charge in [-0.2, -0.15) is 0 Å². The van der Waals surface area contributed by atoms with E-state index in [0.29, 0.717) is 11.8 Å². The minimum absolute atomic E-state index is 0. The fourth-order valence-electron chi connectivity index (χ4n) is 5.85. The van der Waals surface area contributed by atoms with Gasteiger partial charge < -0.3 is 21.7 Å². The first-order chi connectivity index (χ1) is 13.2. The van der Waals surface area contributed by atoms with Crippen molar-refractivity contribution in [3.8, 4) is 11.5 Å². The molecule has 168 valence electrons. The second kappa shape index (κ2) is 9.12. The van der Waals surface area contributed by atoms with Gasteiger partial charge in [0.15, 0.2) is 0 Å². The van der Waals surface area contributed by atoms with Crippen molar-refractivity contribution < 1.29 is 10.2 Å². The Morgan fingerprint density at radius 1 is 0.733 bits per heavy atom. The van der Waals surface area contributed by atoms with Gasteiger partial charge in [0.1, 0.15) is 11.5 Å². The molecular weight excluding hydrogens is 419 g/mol. The lowest BCUT2D eigenvalue weighted by molar-refractivity contribution is 0.295. The van der Waals surface area contributed by atoms with Gasteiger partial charge in [0.2, 0.25) is 0 Å². The monoisotopic (exact) mass is 454 g/mol. The molecule has 2 aromatic carbocycles. The van der Waals surface area contributed by atoms with Gasteiger partial charge in [-0.25, -0.2) is 0 Å². The first-order valence-corrected chi connectivity index (χ1v) is 10.8. The number of nitrogens with two attached hydrogens (primary N) is 2. The van der Waals surface area contributed by atoms with Crippen molar-refractivity contribution in [1.82, 2.24) is 0 Å². The molecule has 0 heterocycles. The van der Waals surface area contributed by atoms with Crippen LogP contribution in [0.4, 0.5) is 0 Å². The van der Waals surface area contributed by atoms with E-state index < -0.39 is 11.1 Å². The van der Waals surface area contributed by atoms with Crippen molar-refractivity contribution in [3.63, 3.8) is 0 Å². The Kier molecular flexibility index (Phi) is 7.62. The Labute approximate surface area is 192 Å². The average Bonchev–Trinajstić information content (AvgIpc) is 3.35. The molecule has 4 rings (SSSR count). The molecule has 0 aromatic heterocycles. The largest absolute Gasteiger partial charge is 0.508 e. The molecule has 0 aliphatic heterocycles. The van der Waals surface area contributed by atoms with Crippen molar-refractivity contribution in [1.29, 1.82) is 0 Å². The molecule has 2 fully saturated rings. The highest BCUT2D eigenvalue weighted by atomic mass is 35.5. The Bertz CT molecular complexity index is 886. The van der Waals surface area contributed by atoms with E-state index in [-0.39, 0.29) is 36.3 Å². The van der Waals surface area contributed by atoms with Crippen LogP contribution in [-0.4, -0.2) is 10.2 Å². The first-order valence-electron chi connectivity index (χ1n) is 10.8. The Morgan fingerprint density at radius 2 is 1.20 bits per heavy atom. The van der Waals surface area contributed by atoms with E-state index in [1.165, 1.54) is 25.7 Å². The van der Waals surface area contributed by atoms with E-state index in [1.54, 1.807) is 12.1 Å². The quantitative estimate of drug-likeness (QED) is 0.467. The van der Waals surface area contributed by atoms with E-state index in [1.807, 2.05) is 26.0 Å². The number of benzene rings is 2. The normalized spacial score (nSPS) is 21.6. The molecule has 2 aromatic rings. The fraction of sp³-hybridized carbons (Fsp3) is 0.583. The number of aromatic hydroxyl groups is 2. The van der Waals surface area contributed by atoms with E-state index in [2.05, 4.69) is 0 Å². The van der Waals surface area contributed by atoms with Crippen LogP contribution in [0.2, 0.25) is 0 Å². The standard InChI is InChI=1S/C24H34N2O2.2ClH/c1-23(25,15-7-3-4-8-15)19-13-11-17-18(22(19)28)12-14-20(27)21(17)24(2,26)16-9-5-6-10-16;;/h11-16,27-28H,3-10,25-26H2,1-2H3;2*1H. The molecule has 0 bridgehead atoms. The molecule has 2 saturated carbocycles. The lowest BCUT2D eigenvalue weighted by Gasteiger charge is -2.35. The van der Waals surface area contributed by atoms with Crippen LogP contribution in [0.15, 0.2) is 24.3 Å². The Balaban J connectivity index is 0.00000160. The number of rotatable bonds is 4. The number of phenols is 2. The van der Waals surface area contributed by atoms with Crippen molar-refractivity contribution >= 4 is 35.6 Å². The summed E-state index contributed by atoms with van der Waals surface area (Å²) in [7, 11) is 0. The van der Waals surface area contributed by atoms with Gasteiger partial charge in [0.25, 0.3) is 0 Å². The number of halogens is 2. The number of hydrogen-bond acceptors (Lipinski definition) is 4. The average molecular weight is 455 g/mol. The molecule has 6 N–H and O–H groups in total. The maximum absolute atomic E-state index is 11.2. The zero-order chi connectivity index (χ0) is 20.1. The summed E-state index contributed by atoms with van der Waals surface area (Å²) in [5, 5.41) is 23.5.